The van der Waals surface area contributed by atoms with Crippen molar-refractivity contribution >= 4 is 40.3 Å². The molecule has 2 heterocycles. The number of nitrogens with zero attached hydrogens (tertiary/aromatic N) is 2. The zero-order chi connectivity index (χ0) is 17.4. The molecule has 0 spiro atoms. The zero-order valence-corrected chi connectivity index (χ0v) is 14.5. The minimum atomic E-state index is -0.470. The highest BCUT2D eigenvalue weighted by atomic mass is 32.2. The van der Waals surface area contributed by atoms with Crippen molar-refractivity contribution in [2.75, 3.05) is 5.32 Å². The van der Waals surface area contributed by atoms with E-state index in [0.717, 1.165) is 23.1 Å². The largest absolute Gasteiger partial charge is 0.325 e. The number of aryl methyl sites for hydroxylation is 1. The number of para-hydroxylation sites is 2. The highest BCUT2D eigenvalue weighted by Crippen LogP contribution is 2.34. The Hall–Kier alpha value is -2.60. The monoisotopic (exact) mass is 351 g/mol. The maximum Gasteiger partial charge on any atom is 0.238 e. The molecule has 3 aromatic rings. The van der Waals surface area contributed by atoms with Gasteiger partial charge in [-0.25, -0.2) is 4.98 Å². The normalized spacial score (nSPS) is 16.7. The lowest BCUT2D eigenvalue weighted by atomic mass is 10.1. The van der Waals surface area contributed by atoms with E-state index >= 15 is 0 Å². The number of rotatable bonds is 3. The molecule has 0 radical (unpaired) electrons. The maximum absolute atomic E-state index is 12.6. The van der Waals surface area contributed by atoms with E-state index < -0.39 is 5.25 Å². The second-order valence-electron chi connectivity index (χ2n) is 5.96. The van der Waals surface area contributed by atoms with E-state index in [1.807, 2.05) is 48.5 Å². The highest BCUT2D eigenvalue weighted by molar-refractivity contribution is 8.00. The van der Waals surface area contributed by atoms with E-state index in [2.05, 4.69) is 17.2 Å². The molecule has 0 bridgehead atoms. The molecule has 0 unspecified atom stereocenters. The summed E-state index contributed by atoms with van der Waals surface area (Å²) in [7, 11) is 0. The van der Waals surface area contributed by atoms with Crippen molar-refractivity contribution in [2.45, 2.75) is 30.2 Å². The number of hydrogen-bond donors (Lipinski definition) is 1. The van der Waals surface area contributed by atoms with Crippen LogP contribution in [0.3, 0.4) is 0 Å². The van der Waals surface area contributed by atoms with Crippen molar-refractivity contribution in [1.29, 1.82) is 0 Å². The Balaban J connectivity index is 1.55. The Morgan fingerprint density at radius 1 is 1.24 bits per heavy atom. The number of fused-ring (bicyclic) bond motifs is 3. The van der Waals surface area contributed by atoms with E-state index in [1.54, 1.807) is 4.57 Å². The van der Waals surface area contributed by atoms with Gasteiger partial charge in [0, 0.05) is 12.1 Å². The summed E-state index contributed by atoms with van der Waals surface area (Å²) in [6.45, 7) is 2.09. The summed E-state index contributed by atoms with van der Waals surface area (Å²) in [4.78, 5) is 29.6. The van der Waals surface area contributed by atoms with Crippen molar-refractivity contribution in [3.8, 4) is 0 Å². The fourth-order valence-electron chi connectivity index (χ4n) is 2.94. The van der Waals surface area contributed by atoms with Crippen LogP contribution in [-0.2, 0) is 11.2 Å². The van der Waals surface area contributed by atoms with Crippen LogP contribution in [-0.4, -0.2) is 26.6 Å². The first-order valence-corrected chi connectivity index (χ1v) is 9.11. The summed E-state index contributed by atoms with van der Waals surface area (Å²) >= 11 is 1.34. The molecule has 5 nitrogen and oxygen atoms in total. The van der Waals surface area contributed by atoms with Crippen LogP contribution in [0.4, 0.5) is 5.69 Å². The van der Waals surface area contributed by atoms with Gasteiger partial charge in [-0.2, -0.15) is 0 Å². The molecule has 4 rings (SSSR count). The van der Waals surface area contributed by atoms with Crippen LogP contribution in [0.25, 0.3) is 11.0 Å². The Bertz CT molecular complexity index is 962. The average Bonchev–Trinajstić information content (AvgIpc) is 3.01. The second-order valence-corrected chi connectivity index (χ2v) is 7.13. The third-order valence-corrected chi connectivity index (χ3v) is 5.46. The molecule has 0 fully saturated rings. The topological polar surface area (TPSA) is 64.0 Å². The molecule has 1 atom stereocenters. The standard InChI is InChI=1S/C19H17N3O2S/c1-2-12-7-9-13(10-8-12)20-18(24)16-11-17(23)22-15-6-4-3-5-14(15)21-19(22)25-16/h3-10,16H,2,11H2,1H3,(H,20,24)/t16-/m1/s1. The highest BCUT2D eigenvalue weighted by Gasteiger charge is 2.33. The predicted molar refractivity (Wildman–Crippen MR) is 99.1 cm³/mol. The van der Waals surface area contributed by atoms with E-state index in [9.17, 15) is 9.59 Å². The third-order valence-electron chi connectivity index (χ3n) is 4.31. The molecule has 2 aromatic carbocycles. The molecule has 1 N–H and O–H groups in total. The van der Waals surface area contributed by atoms with Crippen LogP contribution in [0.15, 0.2) is 53.7 Å². The van der Waals surface area contributed by atoms with Gasteiger partial charge in [-0.05, 0) is 36.2 Å². The van der Waals surface area contributed by atoms with Crippen LogP contribution < -0.4 is 5.32 Å². The van der Waals surface area contributed by atoms with Crippen LogP contribution in [0.2, 0.25) is 0 Å². The van der Waals surface area contributed by atoms with Crippen molar-refractivity contribution in [3.05, 3.63) is 54.1 Å². The molecule has 6 heteroatoms. The molecule has 1 aliphatic heterocycles. The summed E-state index contributed by atoms with van der Waals surface area (Å²) in [5.74, 6) is -0.259. The lowest BCUT2D eigenvalue weighted by Gasteiger charge is -2.21. The van der Waals surface area contributed by atoms with Crippen LogP contribution in [0, 0.1) is 0 Å². The van der Waals surface area contributed by atoms with Crippen LogP contribution in [0.5, 0.6) is 0 Å². The molecule has 1 aliphatic rings. The van der Waals surface area contributed by atoms with Gasteiger partial charge in [0.1, 0.15) is 5.25 Å². The third kappa shape index (κ3) is 2.93. The quantitative estimate of drug-likeness (QED) is 0.781. The molecule has 1 aromatic heterocycles. The molecule has 0 saturated carbocycles. The van der Waals surface area contributed by atoms with E-state index in [0.29, 0.717) is 5.16 Å². The van der Waals surface area contributed by atoms with Gasteiger partial charge in [-0.3, -0.25) is 14.2 Å². The number of anilines is 1. The van der Waals surface area contributed by atoms with Gasteiger partial charge in [-0.1, -0.05) is 43.0 Å². The minimum absolute atomic E-state index is 0.0936. The first-order chi connectivity index (χ1) is 12.2. The molecule has 0 aliphatic carbocycles. The Morgan fingerprint density at radius 3 is 2.76 bits per heavy atom. The number of carbonyl (C=O) groups excluding carboxylic acids is 2. The lowest BCUT2D eigenvalue weighted by molar-refractivity contribution is -0.115. The Kier molecular flexibility index (Phi) is 4.05. The SMILES string of the molecule is CCc1ccc(NC(=O)[C@H]2CC(=O)n3c(nc4ccccc43)S2)cc1. The summed E-state index contributed by atoms with van der Waals surface area (Å²) in [6.07, 6.45) is 1.12. The minimum Gasteiger partial charge on any atom is -0.325 e. The number of imidazole rings is 1. The van der Waals surface area contributed by atoms with Crippen molar-refractivity contribution in [1.82, 2.24) is 9.55 Å². The number of aromatic nitrogens is 2. The number of amides is 1. The molecular formula is C19H17N3O2S. The lowest BCUT2D eigenvalue weighted by Crippen LogP contribution is -2.33. The average molecular weight is 351 g/mol. The number of benzene rings is 2. The molecule has 0 saturated heterocycles. The van der Waals surface area contributed by atoms with Crippen molar-refractivity contribution in [3.63, 3.8) is 0 Å². The summed E-state index contributed by atoms with van der Waals surface area (Å²) in [5, 5.41) is 3.01. The molecular weight excluding hydrogens is 334 g/mol. The molecule has 25 heavy (non-hydrogen) atoms. The second kappa shape index (κ2) is 6.37. The zero-order valence-electron chi connectivity index (χ0n) is 13.7. The summed E-state index contributed by atoms with van der Waals surface area (Å²) < 4.78 is 1.61. The van der Waals surface area contributed by atoms with E-state index in [4.69, 9.17) is 0 Å². The van der Waals surface area contributed by atoms with Gasteiger partial charge in [0.15, 0.2) is 5.16 Å². The first kappa shape index (κ1) is 15.9. The molecule has 126 valence electrons. The smallest absolute Gasteiger partial charge is 0.238 e. The number of carbonyl (C=O) groups is 2. The number of nitrogens with one attached hydrogen (secondary N) is 1. The van der Waals surface area contributed by atoms with Crippen LogP contribution >= 0.6 is 11.8 Å². The molecule has 1 amide bonds. The van der Waals surface area contributed by atoms with Crippen molar-refractivity contribution in [2.24, 2.45) is 0 Å². The fourth-order valence-corrected chi connectivity index (χ4v) is 4.04. The number of hydrogen-bond acceptors (Lipinski definition) is 4. The number of thioether (sulfide) groups is 1. The van der Waals surface area contributed by atoms with Gasteiger partial charge in [-0.15, -0.1) is 0 Å². The van der Waals surface area contributed by atoms with Crippen molar-refractivity contribution < 1.29 is 9.59 Å². The van der Waals surface area contributed by atoms with Gasteiger partial charge in [0.2, 0.25) is 11.8 Å². The summed E-state index contributed by atoms with van der Waals surface area (Å²) in [5.41, 5.74) is 3.53. The maximum atomic E-state index is 12.6. The first-order valence-electron chi connectivity index (χ1n) is 8.23. The van der Waals surface area contributed by atoms with Crippen LogP contribution in [0.1, 0.15) is 23.7 Å². The van der Waals surface area contributed by atoms with Gasteiger partial charge in [0.25, 0.3) is 0 Å². The fraction of sp³-hybridized carbons (Fsp3) is 0.211. The van der Waals surface area contributed by atoms with E-state index in [1.165, 1.54) is 17.3 Å². The Morgan fingerprint density at radius 2 is 2.00 bits per heavy atom. The Labute approximate surface area is 149 Å². The predicted octanol–water partition coefficient (Wildman–Crippen LogP) is 3.74. The summed E-state index contributed by atoms with van der Waals surface area (Å²) in [6, 6.07) is 15.3. The van der Waals surface area contributed by atoms with Gasteiger partial charge >= 0.3 is 0 Å². The van der Waals surface area contributed by atoms with Gasteiger partial charge < -0.3 is 5.32 Å². The van der Waals surface area contributed by atoms with Gasteiger partial charge in [0.05, 0.1) is 11.0 Å². The van der Waals surface area contributed by atoms with E-state index in [-0.39, 0.29) is 18.2 Å².